The minimum absolute atomic E-state index is 0.0246. The number of sulfone groups is 1. The van der Waals surface area contributed by atoms with Crippen molar-refractivity contribution in [2.75, 3.05) is 17.7 Å². The molecule has 0 saturated carbocycles. The van der Waals surface area contributed by atoms with Crippen LogP contribution in [-0.4, -0.2) is 19.7 Å². The van der Waals surface area contributed by atoms with Crippen molar-refractivity contribution in [3.63, 3.8) is 0 Å². The molecule has 2 aromatic carbocycles. The van der Waals surface area contributed by atoms with Crippen LogP contribution < -0.4 is 20.9 Å². The van der Waals surface area contributed by atoms with Gasteiger partial charge in [0.2, 0.25) is 0 Å². The highest BCUT2D eigenvalue weighted by Gasteiger charge is 2.15. The molecule has 1 heterocycles. The van der Waals surface area contributed by atoms with E-state index in [0.29, 0.717) is 0 Å². The molecule has 28 heavy (non-hydrogen) atoms. The number of rotatable bonds is 5. The summed E-state index contributed by atoms with van der Waals surface area (Å²) in [4.78, 5) is 3.81. The first-order valence-electron chi connectivity index (χ1n) is 7.79. The summed E-state index contributed by atoms with van der Waals surface area (Å²) in [6, 6.07) is 8.01. The summed E-state index contributed by atoms with van der Waals surface area (Å²) in [5.41, 5.74) is 11.9. The predicted octanol–water partition coefficient (Wildman–Crippen LogP) is 3.51. The average Bonchev–Trinajstić information content (AvgIpc) is 2.62. The highest BCUT2D eigenvalue weighted by Crippen LogP contribution is 2.39. The van der Waals surface area contributed by atoms with Crippen LogP contribution in [-0.2, 0) is 9.84 Å². The van der Waals surface area contributed by atoms with Crippen molar-refractivity contribution in [3.05, 3.63) is 60.3 Å². The van der Waals surface area contributed by atoms with E-state index >= 15 is 0 Å². The summed E-state index contributed by atoms with van der Waals surface area (Å²) in [5, 5.41) is -0.130. The first-order chi connectivity index (χ1) is 13.1. The number of pyridine rings is 1. The Morgan fingerprint density at radius 3 is 2.11 bits per heavy atom. The van der Waals surface area contributed by atoms with E-state index in [9.17, 15) is 17.2 Å². The number of aromatic nitrogens is 1. The molecule has 0 radical (unpaired) electrons. The Labute approximate surface area is 159 Å². The SMILES string of the molecule is CS(=O)(=O)c1ccc(Oc2cc(N)c(N)cc2Oc2cc(F)ccc2F)cn1. The molecule has 0 aliphatic carbocycles. The van der Waals surface area contributed by atoms with Gasteiger partial charge in [-0.1, -0.05) is 0 Å². The number of halogens is 2. The fraction of sp³-hybridized carbons (Fsp3) is 0.0556. The number of hydrogen-bond acceptors (Lipinski definition) is 7. The van der Waals surface area contributed by atoms with E-state index in [0.717, 1.165) is 24.5 Å². The van der Waals surface area contributed by atoms with Crippen molar-refractivity contribution in [3.8, 4) is 23.0 Å². The number of nitrogens with two attached hydrogens (primary N) is 2. The van der Waals surface area contributed by atoms with E-state index in [1.807, 2.05) is 0 Å². The lowest BCUT2D eigenvalue weighted by molar-refractivity contribution is 0.398. The first-order valence-corrected chi connectivity index (χ1v) is 9.68. The topological polar surface area (TPSA) is 118 Å². The van der Waals surface area contributed by atoms with Gasteiger partial charge in [-0.15, -0.1) is 0 Å². The zero-order chi connectivity index (χ0) is 20.5. The largest absolute Gasteiger partial charge is 0.452 e. The van der Waals surface area contributed by atoms with E-state index in [2.05, 4.69) is 4.98 Å². The van der Waals surface area contributed by atoms with Gasteiger partial charge in [-0.3, -0.25) is 0 Å². The lowest BCUT2D eigenvalue weighted by Crippen LogP contribution is -2.01. The van der Waals surface area contributed by atoms with Crippen molar-refractivity contribution in [1.82, 2.24) is 4.98 Å². The molecule has 0 aliphatic heterocycles. The number of nitrogens with zero attached hydrogens (tertiary/aromatic N) is 1. The summed E-state index contributed by atoms with van der Waals surface area (Å²) in [7, 11) is -3.47. The van der Waals surface area contributed by atoms with Crippen LogP contribution in [0.25, 0.3) is 0 Å². The summed E-state index contributed by atoms with van der Waals surface area (Å²) in [6.07, 6.45) is 2.21. The minimum atomic E-state index is -3.47. The zero-order valence-electron chi connectivity index (χ0n) is 14.5. The van der Waals surface area contributed by atoms with Crippen molar-refractivity contribution in [2.45, 2.75) is 5.03 Å². The van der Waals surface area contributed by atoms with E-state index in [4.69, 9.17) is 20.9 Å². The molecule has 0 fully saturated rings. The molecule has 0 bridgehead atoms. The molecular formula is C18H15F2N3O4S. The van der Waals surface area contributed by atoms with Crippen LogP contribution in [0.1, 0.15) is 0 Å². The Bertz CT molecular complexity index is 1140. The smallest absolute Gasteiger partial charge is 0.192 e. The van der Waals surface area contributed by atoms with Crippen LogP contribution >= 0.6 is 0 Å². The number of benzene rings is 2. The Kier molecular flexibility index (Phi) is 5.06. The van der Waals surface area contributed by atoms with Gasteiger partial charge in [-0.25, -0.2) is 22.2 Å². The number of anilines is 2. The Hall–Kier alpha value is -3.40. The second-order valence-electron chi connectivity index (χ2n) is 5.81. The fourth-order valence-electron chi connectivity index (χ4n) is 2.20. The van der Waals surface area contributed by atoms with Crippen LogP contribution in [0.15, 0.2) is 53.7 Å². The maximum Gasteiger partial charge on any atom is 0.192 e. The monoisotopic (exact) mass is 407 g/mol. The molecule has 0 unspecified atom stereocenters. The summed E-state index contributed by atoms with van der Waals surface area (Å²) in [5.74, 6) is -1.67. The summed E-state index contributed by atoms with van der Waals surface area (Å²) in [6.45, 7) is 0. The van der Waals surface area contributed by atoms with Crippen LogP contribution in [0.5, 0.6) is 23.0 Å². The number of ether oxygens (including phenoxy) is 2. The van der Waals surface area contributed by atoms with Crippen molar-refractivity contribution in [1.29, 1.82) is 0 Å². The second kappa shape index (κ2) is 7.31. The molecule has 3 aromatic rings. The van der Waals surface area contributed by atoms with Crippen molar-refractivity contribution < 1.29 is 26.7 Å². The third kappa shape index (κ3) is 4.29. The third-order valence-corrected chi connectivity index (χ3v) is 4.58. The first kappa shape index (κ1) is 19.4. The molecule has 3 rings (SSSR count). The van der Waals surface area contributed by atoms with Gasteiger partial charge in [-0.2, -0.15) is 0 Å². The van der Waals surface area contributed by atoms with Gasteiger partial charge < -0.3 is 20.9 Å². The standard InChI is InChI=1S/C18H15F2N3O4S/c1-28(24,25)18-5-3-11(9-23-18)26-16-7-13(21)14(22)8-17(16)27-15-6-10(19)2-4-12(15)20/h2-9H,21-22H2,1H3. The predicted molar refractivity (Wildman–Crippen MR) is 99.1 cm³/mol. The maximum absolute atomic E-state index is 13.9. The van der Waals surface area contributed by atoms with Crippen LogP contribution in [0, 0.1) is 11.6 Å². The highest BCUT2D eigenvalue weighted by molar-refractivity contribution is 7.90. The molecule has 4 N–H and O–H groups in total. The molecule has 0 amide bonds. The fourth-order valence-corrected chi connectivity index (χ4v) is 2.76. The van der Waals surface area contributed by atoms with Gasteiger partial charge in [0.05, 0.1) is 17.6 Å². The van der Waals surface area contributed by atoms with Gasteiger partial charge in [0.1, 0.15) is 11.6 Å². The lowest BCUT2D eigenvalue weighted by Gasteiger charge is -2.15. The van der Waals surface area contributed by atoms with Crippen molar-refractivity contribution in [2.24, 2.45) is 0 Å². The van der Waals surface area contributed by atoms with E-state index in [-0.39, 0.29) is 39.4 Å². The Balaban J connectivity index is 1.96. The van der Waals surface area contributed by atoms with Crippen LogP contribution in [0.3, 0.4) is 0 Å². The van der Waals surface area contributed by atoms with E-state index in [1.165, 1.54) is 30.5 Å². The minimum Gasteiger partial charge on any atom is -0.452 e. The van der Waals surface area contributed by atoms with Gasteiger partial charge in [0.25, 0.3) is 0 Å². The zero-order valence-corrected chi connectivity index (χ0v) is 15.3. The number of nitrogen functional groups attached to an aromatic ring is 2. The lowest BCUT2D eigenvalue weighted by atomic mass is 10.2. The van der Waals surface area contributed by atoms with Crippen LogP contribution in [0.2, 0.25) is 0 Å². The maximum atomic E-state index is 13.9. The van der Waals surface area contributed by atoms with Gasteiger partial charge >= 0.3 is 0 Å². The van der Waals surface area contributed by atoms with Gasteiger partial charge in [0.15, 0.2) is 37.9 Å². The quantitative estimate of drug-likeness (QED) is 0.622. The molecule has 10 heteroatoms. The third-order valence-electron chi connectivity index (χ3n) is 3.58. The second-order valence-corrected chi connectivity index (χ2v) is 7.77. The molecule has 7 nitrogen and oxygen atoms in total. The molecule has 0 aliphatic rings. The molecule has 0 saturated heterocycles. The van der Waals surface area contributed by atoms with Crippen LogP contribution in [0.4, 0.5) is 20.2 Å². The molecule has 0 spiro atoms. The Morgan fingerprint density at radius 2 is 1.54 bits per heavy atom. The van der Waals surface area contributed by atoms with E-state index < -0.39 is 21.5 Å². The van der Waals surface area contributed by atoms with Crippen molar-refractivity contribution >= 4 is 21.2 Å². The number of hydrogen-bond donors (Lipinski definition) is 2. The molecule has 146 valence electrons. The van der Waals surface area contributed by atoms with E-state index in [1.54, 1.807) is 0 Å². The molecule has 0 atom stereocenters. The highest BCUT2D eigenvalue weighted by atomic mass is 32.2. The van der Waals surface area contributed by atoms with Gasteiger partial charge in [0, 0.05) is 24.5 Å². The summed E-state index contributed by atoms with van der Waals surface area (Å²) >= 11 is 0. The summed E-state index contributed by atoms with van der Waals surface area (Å²) < 4.78 is 61.3. The van der Waals surface area contributed by atoms with Gasteiger partial charge in [-0.05, 0) is 24.3 Å². The average molecular weight is 407 g/mol. The Morgan fingerprint density at radius 1 is 0.893 bits per heavy atom. The molecule has 1 aromatic heterocycles. The molecular weight excluding hydrogens is 392 g/mol. The normalized spacial score (nSPS) is 11.2.